The van der Waals surface area contributed by atoms with E-state index < -0.39 is 11.6 Å². The van der Waals surface area contributed by atoms with E-state index >= 15 is 0 Å². The molecule has 0 amide bonds. The molecule has 74 valence electrons. The highest BCUT2D eigenvalue weighted by atomic mass is 32.2. The van der Waals surface area contributed by atoms with Gasteiger partial charge in [-0.25, -0.2) is 8.78 Å². The summed E-state index contributed by atoms with van der Waals surface area (Å²) in [7, 11) is 0. The molecule has 0 aliphatic heterocycles. The largest absolute Gasteiger partial charge is 0.207 e. The first-order valence-electron chi connectivity index (χ1n) is 4.19. The van der Waals surface area contributed by atoms with Gasteiger partial charge in [0.25, 0.3) is 0 Å². The normalized spacial score (nSPS) is 9.79. The lowest BCUT2D eigenvalue weighted by molar-refractivity contribution is 0.577. The van der Waals surface area contributed by atoms with Gasteiger partial charge < -0.3 is 0 Å². The molecule has 1 nitrogen and oxygen atoms in total. The number of unbranched alkanes of at least 4 members (excludes halogenated alkanes) is 1. The van der Waals surface area contributed by atoms with Crippen LogP contribution in [0.2, 0.25) is 0 Å². The molecule has 0 heterocycles. The molecule has 0 bridgehead atoms. The molecule has 0 saturated heterocycles. The molecule has 0 saturated carbocycles. The van der Waals surface area contributed by atoms with E-state index in [0.29, 0.717) is 23.5 Å². The van der Waals surface area contributed by atoms with Crippen molar-refractivity contribution in [2.75, 3.05) is 5.75 Å². The Morgan fingerprint density at radius 3 is 2.86 bits per heavy atom. The Morgan fingerprint density at radius 1 is 1.36 bits per heavy atom. The highest BCUT2D eigenvalue weighted by Gasteiger charge is 2.03. The zero-order valence-electron chi connectivity index (χ0n) is 7.46. The monoisotopic (exact) mass is 213 g/mol. The van der Waals surface area contributed by atoms with Crippen molar-refractivity contribution in [1.29, 1.82) is 5.26 Å². The van der Waals surface area contributed by atoms with E-state index in [1.165, 1.54) is 17.8 Å². The maximum atomic E-state index is 13.0. The molecule has 14 heavy (non-hydrogen) atoms. The van der Waals surface area contributed by atoms with Gasteiger partial charge in [-0.15, -0.1) is 11.8 Å². The fourth-order valence-electron chi connectivity index (χ4n) is 0.921. The molecule has 1 aromatic rings. The van der Waals surface area contributed by atoms with Gasteiger partial charge in [0.05, 0.1) is 6.07 Å². The second kappa shape index (κ2) is 5.61. The minimum Gasteiger partial charge on any atom is -0.207 e. The molecule has 1 rings (SSSR count). The minimum absolute atomic E-state index is 0.308. The van der Waals surface area contributed by atoms with Crippen molar-refractivity contribution in [2.24, 2.45) is 0 Å². The Kier molecular flexibility index (Phi) is 4.41. The van der Waals surface area contributed by atoms with Gasteiger partial charge in [-0.1, -0.05) is 0 Å². The zero-order chi connectivity index (χ0) is 10.4. The molecule has 0 aliphatic carbocycles. The van der Waals surface area contributed by atoms with Gasteiger partial charge in [0, 0.05) is 11.3 Å². The van der Waals surface area contributed by atoms with E-state index in [2.05, 4.69) is 0 Å². The van der Waals surface area contributed by atoms with Gasteiger partial charge >= 0.3 is 0 Å². The smallest absolute Gasteiger partial charge is 0.136 e. The van der Waals surface area contributed by atoms with E-state index in [0.717, 1.165) is 12.1 Å². The second-order valence-corrected chi connectivity index (χ2v) is 3.82. The first kappa shape index (κ1) is 11.0. The molecule has 4 heteroatoms. The van der Waals surface area contributed by atoms with E-state index in [1.54, 1.807) is 0 Å². The molecule has 0 fully saturated rings. The Bertz CT molecular complexity index is 346. The maximum absolute atomic E-state index is 13.0. The first-order valence-corrected chi connectivity index (χ1v) is 5.17. The fraction of sp³-hybridized carbons (Fsp3) is 0.300. The number of nitriles is 1. The predicted octanol–water partition coefficient (Wildman–Crippen LogP) is 3.36. The summed E-state index contributed by atoms with van der Waals surface area (Å²) in [6.07, 6.45) is 1.14. The van der Waals surface area contributed by atoms with Crippen LogP contribution in [0.3, 0.4) is 0 Å². The number of thioether (sulfide) groups is 1. The summed E-state index contributed by atoms with van der Waals surface area (Å²) in [5.74, 6) is -0.212. The highest BCUT2D eigenvalue weighted by Crippen LogP contribution is 2.23. The van der Waals surface area contributed by atoms with Gasteiger partial charge in [0.2, 0.25) is 0 Å². The van der Waals surface area contributed by atoms with Crippen LogP contribution in [-0.2, 0) is 0 Å². The average molecular weight is 213 g/mol. The van der Waals surface area contributed by atoms with Crippen molar-refractivity contribution in [3.8, 4) is 6.07 Å². The van der Waals surface area contributed by atoms with Gasteiger partial charge in [-0.05, 0) is 30.4 Å². The number of halogens is 2. The summed E-state index contributed by atoms with van der Waals surface area (Å²) in [5, 5.41) is 8.27. The molecular weight excluding hydrogens is 204 g/mol. The predicted molar refractivity (Wildman–Crippen MR) is 51.9 cm³/mol. The third-order valence-electron chi connectivity index (χ3n) is 1.58. The number of nitrogens with zero attached hydrogens (tertiary/aromatic N) is 1. The molecule has 0 aliphatic rings. The van der Waals surface area contributed by atoms with Crippen LogP contribution < -0.4 is 0 Å². The summed E-state index contributed by atoms with van der Waals surface area (Å²) in [6, 6.07) is 5.38. The summed E-state index contributed by atoms with van der Waals surface area (Å²) in [5.41, 5.74) is 0. The number of rotatable bonds is 4. The average Bonchev–Trinajstić information content (AvgIpc) is 2.18. The standard InChI is InChI=1S/C10H9F2NS/c11-8-3-4-9(12)10(7-8)14-6-2-1-5-13/h3-4,7H,1-2,6H2. The van der Waals surface area contributed by atoms with Crippen LogP contribution in [0.1, 0.15) is 12.8 Å². The van der Waals surface area contributed by atoms with Crippen LogP contribution in [0.5, 0.6) is 0 Å². The summed E-state index contributed by atoms with van der Waals surface area (Å²) >= 11 is 1.24. The van der Waals surface area contributed by atoms with Crippen molar-refractivity contribution in [1.82, 2.24) is 0 Å². The molecule has 1 aromatic carbocycles. The van der Waals surface area contributed by atoms with Crippen molar-refractivity contribution in [2.45, 2.75) is 17.7 Å². The first-order chi connectivity index (χ1) is 6.74. The van der Waals surface area contributed by atoms with Crippen LogP contribution >= 0.6 is 11.8 Å². The van der Waals surface area contributed by atoms with Crippen LogP contribution in [0.25, 0.3) is 0 Å². The van der Waals surface area contributed by atoms with Crippen LogP contribution in [0.15, 0.2) is 23.1 Å². The Labute approximate surface area is 85.7 Å². The van der Waals surface area contributed by atoms with Crippen LogP contribution in [0.4, 0.5) is 8.78 Å². The van der Waals surface area contributed by atoms with Crippen molar-refractivity contribution in [3.63, 3.8) is 0 Å². The van der Waals surface area contributed by atoms with Crippen LogP contribution in [0, 0.1) is 23.0 Å². The molecular formula is C10H9F2NS. The summed E-state index contributed by atoms with van der Waals surface area (Å²) in [6.45, 7) is 0. The zero-order valence-corrected chi connectivity index (χ0v) is 8.28. The van der Waals surface area contributed by atoms with Gasteiger partial charge in [0.1, 0.15) is 11.6 Å². The van der Waals surface area contributed by atoms with E-state index in [-0.39, 0.29) is 0 Å². The Hall–Kier alpha value is -1.08. The van der Waals surface area contributed by atoms with E-state index in [1.807, 2.05) is 6.07 Å². The Morgan fingerprint density at radius 2 is 2.14 bits per heavy atom. The number of hydrogen-bond donors (Lipinski definition) is 0. The fourth-order valence-corrected chi connectivity index (χ4v) is 1.83. The summed E-state index contributed by atoms with van der Waals surface area (Å²) < 4.78 is 25.7. The second-order valence-electron chi connectivity index (χ2n) is 2.68. The lowest BCUT2D eigenvalue weighted by atomic mass is 10.3. The Balaban J connectivity index is 2.50. The minimum atomic E-state index is -0.436. The SMILES string of the molecule is N#CCCCSc1cc(F)ccc1F. The van der Waals surface area contributed by atoms with Gasteiger partial charge in [-0.2, -0.15) is 5.26 Å². The van der Waals surface area contributed by atoms with Crippen molar-refractivity contribution >= 4 is 11.8 Å². The third kappa shape index (κ3) is 3.35. The van der Waals surface area contributed by atoms with Gasteiger partial charge in [-0.3, -0.25) is 0 Å². The third-order valence-corrected chi connectivity index (χ3v) is 2.70. The lowest BCUT2D eigenvalue weighted by Crippen LogP contribution is -1.85. The lowest BCUT2D eigenvalue weighted by Gasteiger charge is -2.01. The number of hydrogen-bond acceptors (Lipinski definition) is 2. The quantitative estimate of drug-likeness (QED) is 0.565. The van der Waals surface area contributed by atoms with Crippen molar-refractivity contribution < 1.29 is 8.78 Å². The molecule has 0 atom stereocenters. The van der Waals surface area contributed by atoms with Crippen LogP contribution in [-0.4, -0.2) is 5.75 Å². The van der Waals surface area contributed by atoms with E-state index in [9.17, 15) is 8.78 Å². The molecule has 0 aromatic heterocycles. The topological polar surface area (TPSA) is 23.8 Å². The number of benzene rings is 1. The maximum Gasteiger partial charge on any atom is 0.136 e. The summed E-state index contributed by atoms with van der Waals surface area (Å²) in [4.78, 5) is 0.308. The molecule has 0 spiro atoms. The van der Waals surface area contributed by atoms with E-state index in [4.69, 9.17) is 5.26 Å². The highest BCUT2D eigenvalue weighted by molar-refractivity contribution is 7.99. The van der Waals surface area contributed by atoms with Gasteiger partial charge in [0.15, 0.2) is 0 Å². The van der Waals surface area contributed by atoms with Crippen molar-refractivity contribution in [3.05, 3.63) is 29.8 Å². The molecule has 0 N–H and O–H groups in total. The molecule has 0 radical (unpaired) electrons. The molecule has 0 unspecified atom stereocenters.